The number of nitrogens with one attached hydrogen (secondary N) is 2. The summed E-state index contributed by atoms with van der Waals surface area (Å²) < 4.78 is 92.1. The Labute approximate surface area is 260 Å². The minimum absolute atomic E-state index is 0.0281. The second-order valence-electron chi connectivity index (χ2n) is 8.60. The number of rotatable bonds is 20. The fourth-order valence-electron chi connectivity index (χ4n) is 3.07. The van der Waals surface area contributed by atoms with Gasteiger partial charge in [-0.05, 0) is 36.5 Å². The van der Waals surface area contributed by atoms with Crippen molar-refractivity contribution in [1.82, 2.24) is 5.32 Å². The van der Waals surface area contributed by atoms with Crippen LogP contribution in [0.15, 0.2) is 34.4 Å². The smallest absolute Gasteiger partial charge is 0.313 e. The number of hydrogen-bond donors (Lipinski definition) is 4. The molecule has 45 heavy (non-hydrogen) atoms. The van der Waals surface area contributed by atoms with Crippen LogP contribution in [-0.4, -0.2) is 94.1 Å². The van der Waals surface area contributed by atoms with Crippen molar-refractivity contribution in [2.24, 2.45) is 15.9 Å². The van der Waals surface area contributed by atoms with E-state index in [1.165, 1.54) is 6.21 Å². The van der Waals surface area contributed by atoms with Gasteiger partial charge in [0.15, 0.2) is 5.11 Å². The first-order valence-electron chi connectivity index (χ1n) is 13.3. The highest BCUT2D eigenvalue weighted by Crippen LogP contribution is 2.29. The van der Waals surface area contributed by atoms with Crippen molar-refractivity contribution in [2.75, 3.05) is 71.3 Å². The molecule has 0 atom stereocenters. The molecule has 18 heteroatoms. The van der Waals surface area contributed by atoms with Crippen molar-refractivity contribution in [1.29, 1.82) is 0 Å². The van der Waals surface area contributed by atoms with Crippen LogP contribution < -0.4 is 21.2 Å². The molecule has 0 heterocycles. The molecule has 0 aliphatic carbocycles. The maximum absolute atomic E-state index is 13.6. The number of carbonyl (C=O) groups excluding carboxylic acids is 1. The van der Waals surface area contributed by atoms with Crippen LogP contribution in [0.2, 0.25) is 0 Å². The number of ether oxygens (including phenoxy) is 5. The summed E-state index contributed by atoms with van der Waals surface area (Å²) in [6.07, 6.45) is 0.836. The average Bonchev–Trinajstić information content (AvgIpc) is 3.03. The molecule has 2 aromatic rings. The van der Waals surface area contributed by atoms with E-state index in [0.717, 1.165) is 5.69 Å². The Morgan fingerprint density at radius 1 is 0.844 bits per heavy atom. The van der Waals surface area contributed by atoms with Crippen LogP contribution in [0.3, 0.4) is 0 Å². The molecular weight excluding hydrogens is 633 g/mol. The molecule has 0 aliphatic rings. The van der Waals surface area contributed by atoms with E-state index in [0.29, 0.717) is 43.8 Å². The van der Waals surface area contributed by atoms with E-state index in [2.05, 4.69) is 25.5 Å². The second-order valence-corrected chi connectivity index (χ2v) is 9.00. The molecule has 0 unspecified atom stereocenters. The quantitative estimate of drug-likeness (QED) is 0.0141. The summed E-state index contributed by atoms with van der Waals surface area (Å²) in [6, 6.07) is 6.49. The van der Waals surface area contributed by atoms with Gasteiger partial charge in [0.2, 0.25) is 34.8 Å². The van der Waals surface area contributed by atoms with Gasteiger partial charge in [-0.15, -0.1) is 0 Å². The SMILES string of the molecule is N/N=C(\C=NCCOCCC(=O)Oc1c(F)c(F)c(F)c(F)c1F)COCCOCCOCCNC(=S)Nc1ccc(O)cc1. The highest BCUT2D eigenvalue weighted by molar-refractivity contribution is 7.80. The number of hydrogen-bond acceptors (Lipinski definition) is 11. The zero-order chi connectivity index (χ0) is 33.0. The van der Waals surface area contributed by atoms with Crippen LogP contribution in [0.5, 0.6) is 11.5 Å². The Balaban J connectivity index is 1.44. The molecule has 0 saturated carbocycles. The van der Waals surface area contributed by atoms with Gasteiger partial charge < -0.3 is 45.3 Å². The first-order valence-corrected chi connectivity index (χ1v) is 13.7. The van der Waals surface area contributed by atoms with Gasteiger partial charge in [-0.1, -0.05) is 0 Å². The molecule has 0 fully saturated rings. The Hall–Kier alpha value is -3.97. The van der Waals surface area contributed by atoms with E-state index in [9.17, 15) is 31.9 Å². The van der Waals surface area contributed by atoms with E-state index in [4.69, 9.17) is 37.0 Å². The predicted octanol–water partition coefficient (Wildman–Crippen LogP) is 2.82. The number of aromatic hydroxyl groups is 1. The summed E-state index contributed by atoms with van der Waals surface area (Å²) in [5.74, 6) is -8.79. The summed E-state index contributed by atoms with van der Waals surface area (Å²) in [7, 11) is 0. The first-order chi connectivity index (χ1) is 21.6. The topological polar surface area (TPSA) is 158 Å². The highest BCUT2D eigenvalue weighted by atomic mass is 32.1. The predicted molar refractivity (Wildman–Crippen MR) is 157 cm³/mol. The number of thiocarbonyl (C=S) groups is 1. The van der Waals surface area contributed by atoms with Gasteiger partial charge in [-0.3, -0.25) is 9.79 Å². The third-order valence-corrected chi connectivity index (χ3v) is 5.50. The average molecular weight is 666 g/mol. The number of esters is 1. The molecule has 0 saturated heterocycles. The fraction of sp³-hybridized carbons (Fsp3) is 0.407. The molecule has 0 spiro atoms. The highest BCUT2D eigenvalue weighted by Gasteiger charge is 2.28. The van der Waals surface area contributed by atoms with Crippen molar-refractivity contribution >= 4 is 40.9 Å². The molecule has 5 N–H and O–H groups in total. The summed E-state index contributed by atoms with van der Waals surface area (Å²) in [5.41, 5.74) is 1.07. The maximum atomic E-state index is 13.6. The van der Waals surface area contributed by atoms with Crippen molar-refractivity contribution < 1.29 is 55.5 Å². The number of nitrogens with zero attached hydrogens (tertiary/aromatic N) is 2. The summed E-state index contributed by atoms with van der Waals surface area (Å²) in [5, 5.41) is 19.2. The van der Waals surface area contributed by atoms with Gasteiger partial charge in [-0.2, -0.15) is 13.9 Å². The van der Waals surface area contributed by atoms with Crippen LogP contribution in [0.4, 0.5) is 27.6 Å². The molecule has 248 valence electrons. The number of nitrogens with two attached hydrogens (primary N) is 1. The Morgan fingerprint density at radius 3 is 2.07 bits per heavy atom. The molecule has 0 bridgehead atoms. The largest absolute Gasteiger partial charge is 0.508 e. The Kier molecular flexibility index (Phi) is 17.3. The lowest BCUT2D eigenvalue weighted by atomic mass is 10.2. The van der Waals surface area contributed by atoms with Crippen molar-refractivity contribution in [2.45, 2.75) is 6.42 Å². The van der Waals surface area contributed by atoms with Crippen LogP contribution >= 0.6 is 12.2 Å². The normalized spacial score (nSPS) is 11.6. The number of benzene rings is 2. The Morgan fingerprint density at radius 2 is 1.42 bits per heavy atom. The molecule has 0 radical (unpaired) electrons. The number of phenolic OH excluding ortho intramolecular Hbond substituents is 1. The zero-order valence-corrected chi connectivity index (χ0v) is 24.6. The van der Waals surface area contributed by atoms with Crippen LogP contribution in [-0.2, 0) is 23.7 Å². The summed E-state index contributed by atoms with van der Waals surface area (Å²) >= 11 is 5.17. The molecular formula is C27H32F5N5O7S. The minimum Gasteiger partial charge on any atom is -0.508 e. The fourth-order valence-corrected chi connectivity index (χ4v) is 3.29. The Bertz CT molecular complexity index is 1280. The van der Waals surface area contributed by atoms with Crippen LogP contribution in [0.1, 0.15) is 6.42 Å². The lowest BCUT2D eigenvalue weighted by Gasteiger charge is -2.11. The van der Waals surface area contributed by atoms with Gasteiger partial charge in [0.1, 0.15) is 11.5 Å². The van der Waals surface area contributed by atoms with Crippen LogP contribution in [0.25, 0.3) is 0 Å². The monoisotopic (exact) mass is 665 g/mol. The summed E-state index contributed by atoms with van der Waals surface area (Å²) in [4.78, 5) is 15.7. The van der Waals surface area contributed by atoms with Gasteiger partial charge in [-0.25, -0.2) is 13.2 Å². The van der Waals surface area contributed by atoms with E-state index >= 15 is 0 Å². The minimum atomic E-state index is -2.36. The van der Waals surface area contributed by atoms with E-state index in [-0.39, 0.29) is 38.7 Å². The number of anilines is 1. The summed E-state index contributed by atoms with van der Waals surface area (Å²) in [6.45, 7) is 2.15. The molecule has 12 nitrogen and oxygen atoms in total. The number of aliphatic imine (C=N–C) groups is 1. The van der Waals surface area contributed by atoms with Gasteiger partial charge in [0, 0.05) is 18.4 Å². The van der Waals surface area contributed by atoms with Crippen molar-refractivity contribution in [3.05, 3.63) is 53.4 Å². The van der Waals surface area contributed by atoms with Gasteiger partial charge in [0.05, 0.1) is 65.8 Å². The third kappa shape index (κ3) is 14.1. The van der Waals surface area contributed by atoms with E-state index in [1.54, 1.807) is 24.3 Å². The van der Waals surface area contributed by atoms with Gasteiger partial charge >= 0.3 is 5.97 Å². The van der Waals surface area contributed by atoms with Crippen molar-refractivity contribution in [3.63, 3.8) is 0 Å². The maximum Gasteiger partial charge on any atom is 0.313 e. The van der Waals surface area contributed by atoms with E-state index in [1.807, 2.05) is 0 Å². The first kappa shape index (κ1) is 37.2. The molecule has 0 aliphatic heterocycles. The number of hydrazone groups is 1. The molecule has 2 rings (SSSR count). The third-order valence-electron chi connectivity index (χ3n) is 5.26. The van der Waals surface area contributed by atoms with Gasteiger partial charge in [0.25, 0.3) is 0 Å². The number of halogens is 5. The lowest BCUT2D eigenvalue weighted by Crippen LogP contribution is -2.31. The molecule has 2 aromatic carbocycles. The zero-order valence-electron chi connectivity index (χ0n) is 23.8. The van der Waals surface area contributed by atoms with E-state index < -0.39 is 47.2 Å². The lowest BCUT2D eigenvalue weighted by molar-refractivity contribution is -0.136. The molecule has 0 amide bonds. The molecule has 0 aromatic heterocycles. The standard InChI is InChI=1S/C27H32F5N5O7S/c28-21-22(29)24(31)26(25(32)23(21)30)44-20(39)5-8-40-9-6-34-15-18(37-33)16-43-14-13-42-12-11-41-10-7-35-27(45)36-17-1-3-19(38)4-2-17/h1-4,15,38H,5-14,16,33H2,(H2,35,36,45)/b34-15?,37-18+. The number of carbonyl (C=O) groups is 1. The second kappa shape index (κ2) is 20.9. The van der Waals surface area contributed by atoms with Crippen molar-refractivity contribution in [3.8, 4) is 11.5 Å². The number of phenols is 1. The van der Waals surface area contributed by atoms with Crippen LogP contribution in [0, 0.1) is 29.1 Å².